The number of carbonyl (C=O) groups excluding carboxylic acids is 1. The Balaban J connectivity index is 2.00. The van der Waals surface area contributed by atoms with Crippen molar-refractivity contribution in [3.8, 4) is 5.75 Å². The predicted octanol–water partition coefficient (Wildman–Crippen LogP) is 2.88. The second-order valence-electron chi connectivity index (χ2n) is 4.18. The van der Waals surface area contributed by atoms with Crippen molar-refractivity contribution in [1.82, 2.24) is 0 Å². The minimum atomic E-state index is -0.412. The van der Waals surface area contributed by atoms with Crippen molar-refractivity contribution in [3.63, 3.8) is 0 Å². The number of phenolic OH excluding ortho intramolecular Hbond substituents is 1. The SMILES string of the molecule is O=C(OC1CCCCC1)c1ccccc1O. The zero-order chi connectivity index (χ0) is 11.4. The first-order chi connectivity index (χ1) is 7.77. The van der Waals surface area contributed by atoms with Crippen molar-refractivity contribution in [2.75, 3.05) is 0 Å². The van der Waals surface area contributed by atoms with Gasteiger partial charge in [-0.2, -0.15) is 0 Å². The van der Waals surface area contributed by atoms with Gasteiger partial charge in [0.1, 0.15) is 17.4 Å². The molecule has 1 aliphatic carbocycles. The van der Waals surface area contributed by atoms with Gasteiger partial charge in [-0.15, -0.1) is 0 Å². The second-order valence-corrected chi connectivity index (χ2v) is 4.18. The molecule has 0 atom stereocenters. The highest BCUT2D eigenvalue weighted by molar-refractivity contribution is 5.92. The molecule has 0 spiro atoms. The molecule has 0 aliphatic heterocycles. The summed E-state index contributed by atoms with van der Waals surface area (Å²) in [5.74, 6) is -0.423. The number of para-hydroxylation sites is 1. The first-order valence-electron chi connectivity index (χ1n) is 5.76. The Morgan fingerprint density at radius 2 is 1.88 bits per heavy atom. The third-order valence-corrected chi connectivity index (χ3v) is 2.95. The molecule has 0 bridgehead atoms. The molecule has 3 heteroatoms. The predicted molar refractivity (Wildman–Crippen MR) is 60.4 cm³/mol. The van der Waals surface area contributed by atoms with Gasteiger partial charge < -0.3 is 9.84 Å². The van der Waals surface area contributed by atoms with E-state index >= 15 is 0 Å². The average Bonchev–Trinajstić information content (AvgIpc) is 2.31. The first-order valence-corrected chi connectivity index (χ1v) is 5.76. The van der Waals surface area contributed by atoms with Gasteiger partial charge in [-0.25, -0.2) is 4.79 Å². The highest BCUT2D eigenvalue weighted by Gasteiger charge is 2.20. The second kappa shape index (κ2) is 5.01. The van der Waals surface area contributed by atoms with Gasteiger partial charge in [-0.05, 0) is 37.8 Å². The Bertz CT molecular complexity index is 367. The van der Waals surface area contributed by atoms with E-state index in [9.17, 15) is 9.90 Å². The number of phenols is 1. The molecular weight excluding hydrogens is 204 g/mol. The molecule has 0 radical (unpaired) electrons. The van der Waals surface area contributed by atoms with Crippen LogP contribution in [-0.4, -0.2) is 17.2 Å². The van der Waals surface area contributed by atoms with Crippen LogP contribution in [0.3, 0.4) is 0 Å². The van der Waals surface area contributed by atoms with Crippen LogP contribution in [-0.2, 0) is 4.74 Å². The van der Waals surface area contributed by atoms with Crippen molar-refractivity contribution in [2.45, 2.75) is 38.2 Å². The minimum Gasteiger partial charge on any atom is -0.507 e. The van der Waals surface area contributed by atoms with Gasteiger partial charge in [-0.3, -0.25) is 0 Å². The van der Waals surface area contributed by atoms with Gasteiger partial charge in [0.15, 0.2) is 0 Å². The molecule has 16 heavy (non-hydrogen) atoms. The molecule has 0 saturated heterocycles. The highest BCUT2D eigenvalue weighted by Crippen LogP contribution is 2.23. The molecule has 2 rings (SSSR count). The lowest BCUT2D eigenvalue weighted by Gasteiger charge is -2.21. The summed E-state index contributed by atoms with van der Waals surface area (Å²) in [6.07, 6.45) is 5.39. The van der Waals surface area contributed by atoms with Crippen molar-refractivity contribution < 1.29 is 14.6 Å². The van der Waals surface area contributed by atoms with Crippen LogP contribution in [0.15, 0.2) is 24.3 Å². The zero-order valence-electron chi connectivity index (χ0n) is 9.19. The number of ether oxygens (including phenoxy) is 1. The van der Waals surface area contributed by atoms with Crippen molar-refractivity contribution in [1.29, 1.82) is 0 Å². The molecule has 0 amide bonds. The summed E-state index contributed by atoms with van der Waals surface area (Å²) in [6.45, 7) is 0. The number of aromatic hydroxyl groups is 1. The Labute approximate surface area is 95.0 Å². The molecule has 3 nitrogen and oxygen atoms in total. The van der Waals surface area contributed by atoms with Crippen LogP contribution in [0.4, 0.5) is 0 Å². The minimum absolute atomic E-state index is 0.0108. The van der Waals surface area contributed by atoms with Gasteiger partial charge in [0.2, 0.25) is 0 Å². The lowest BCUT2D eigenvalue weighted by Crippen LogP contribution is -2.20. The highest BCUT2D eigenvalue weighted by atomic mass is 16.5. The molecule has 1 saturated carbocycles. The average molecular weight is 220 g/mol. The topological polar surface area (TPSA) is 46.5 Å². The van der Waals surface area contributed by atoms with Crippen LogP contribution in [0.5, 0.6) is 5.75 Å². The fraction of sp³-hybridized carbons (Fsp3) is 0.462. The van der Waals surface area contributed by atoms with E-state index in [-0.39, 0.29) is 17.4 Å². The standard InChI is InChI=1S/C13H16O3/c14-12-9-5-4-8-11(12)13(15)16-10-6-2-1-3-7-10/h4-5,8-10,14H,1-3,6-7H2. The molecule has 86 valence electrons. The molecule has 1 fully saturated rings. The smallest absolute Gasteiger partial charge is 0.342 e. The fourth-order valence-electron chi connectivity index (χ4n) is 2.04. The largest absolute Gasteiger partial charge is 0.507 e. The lowest BCUT2D eigenvalue weighted by atomic mass is 9.98. The molecule has 1 N–H and O–H groups in total. The summed E-state index contributed by atoms with van der Waals surface area (Å²) in [4.78, 5) is 11.8. The van der Waals surface area contributed by atoms with Gasteiger partial charge >= 0.3 is 5.97 Å². The summed E-state index contributed by atoms with van der Waals surface area (Å²) >= 11 is 0. The Kier molecular flexibility index (Phi) is 3.44. The van der Waals surface area contributed by atoms with E-state index in [4.69, 9.17) is 4.74 Å². The van der Waals surface area contributed by atoms with Crippen LogP contribution < -0.4 is 0 Å². The molecule has 1 aromatic carbocycles. The fourth-order valence-corrected chi connectivity index (χ4v) is 2.04. The van der Waals surface area contributed by atoms with E-state index in [1.54, 1.807) is 18.2 Å². The summed E-state index contributed by atoms with van der Waals surface area (Å²) in [6, 6.07) is 6.49. The van der Waals surface area contributed by atoms with Gasteiger partial charge in [0, 0.05) is 0 Å². The van der Waals surface area contributed by atoms with Crippen molar-refractivity contribution in [2.24, 2.45) is 0 Å². The maximum atomic E-state index is 11.8. The Morgan fingerprint density at radius 1 is 1.19 bits per heavy atom. The quantitative estimate of drug-likeness (QED) is 0.779. The number of rotatable bonds is 2. The monoisotopic (exact) mass is 220 g/mol. The summed E-state index contributed by atoms with van der Waals surface area (Å²) in [7, 11) is 0. The summed E-state index contributed by atoms with van der Waals surface area (Å²) < 4.78 is 5.36. The van der Waals surface area contributed by atoms with E-state index < -0.39 is 5.97 Å². The van der Waals surface area contributed by atoms with E-state index in [0.717, 1.165) is 25.7 Å². The maximum absolute atomic E-state index is 11.8. The summed E-state index contributed by atoms with van der Waals surface area (Å²) in [5.41, 5.74) is 0.257. The Hall–Kier alpha value is -1.51. The zero-order valence-corrected chi connectivity index (χ0v) is 9.19. The first kappa shape index (κ1) is 11.0. The van der Waals surface area contributed by atoms with E-state index in [1.165, 1.54) is 12.5 Å². The van der Waals surface area contributed by atoms with Gasteiger partial charge in [0.05, 0.1) is 0 Å². The third kappa shape index (κ3) is 2.54. The van der Waals surface area contributed by atoms with Crippen LogP contribution in [0.25, 0.3) is 0 Å². The van der Waals surface area contributed by atoms with Crippen LogP contribution in [0.1, 0.15) is 42.5 Å². The molecule has 0 heterocycles. The summed E-state index contributed by atoms with van der Waals surface area (Å²) in [5, 5.41) is 9.51. The number of benzene rings is 1. The number of carbonyl (C=O) groups is 1. The molecule has 0 aromatic heterocycles. The number of hydrogen-bond donors (Lipinski definition) is 1. The maximum Gasteiger partial charge on any atom is 0.342 e. The normalized spacial score (nSPS) is 17.0. The van der Waals surface area contributed by atoms with Crippen LogP contribution in [0.2, 0.25) is 0 Å². The van der Waals surface area contributed by atoms with Crippen molar-refractivity contribution in [3.05, 3.63) is 29.8 Å². The molecule has 1 aliphatic rings. The van der Waals surface area contributed by atoms with Crippen LogP contribution >= 0.6 is 0 Å². The molecule has 1 aromatic rings. The lowest BCUT2D eigenvalue weighted by molar-refractivity contribution is 0.0208. The number of esters is 1. The van der Waals surface area contributed by atoms with E-state index in [1.807, 2.05) is 0 Å². The number of hydrogen-bond acceptors (Lipinski definition) is 3. The molecule has 0 unspecified atom stereocenters. The van der Waals surface area contributed by atoms with Gasteiger partial charge in [-0.1, -0.05) is 18.6 Å². The molecular formula is C13H16O3. The Morgan fingerprint density at radius 3 is 2.56 bits per heavy atom. The van der Waals surface area contributed by atoms with Crippen LogP contribution in [0, 0.1) is 0 Å². The van der Waals surface area contributed by atoms with Gasteiger partial charge in [0.25, 0.3) is 0 Å². The van der Waals surface area contributed by atoms with E-state index in [0.29, 0.717) is 0 Å². The third-order valence-electron chi connectivity index (χ3n) is 2.95. The van der Waals surface area contributed by atoms with Crippen molar-refractivity contribution >= 4 is 5.97 Å². The van der Waals surface area contributed by atoms with E-state index in [2.05, 4.69) is 0 Å².